The third-order valence-electron chi connectivity index (χ3n) is 4.24. The summed E-state index contributed by atoms with van der Waals surface area (Å²) in [6.07, 6.45) is 1.31. The van der Waals surface area contributed by atoms with Gasteiger partial charge in [0.2, 0.25) is 0 Å². The van der Waals surface area contributed by atoms with Crippen LogP contribution < -0.4 is 5.32 Å². The lowest BCUT2D eigenvalue weighted by Crippen LogP contribution is -2.24. The summed E-state index contributed by atoms with van der Waals surface area (Å²) in [5, 5.41) is 5.19. The Hall–Kier alpha value is -0.860. The summed E-state index contributed by atoms with van der Waals surface area (Å²) in [7, 11) is 0. The van der Waals surface area contributed by atoms with Crippen LogP contribution in [0.2, 0.25) is 0 Å². The molecular weight excluding hydrogens is 238 g/mol. The van der Waals surface area contributed by atoms with Crippen LogP contribution in [0.5, 0.6) is 0 Å². The van der Waals surface area contributed by atoms with Crippen LogP contribution >= 0.6 is 11.3 Å². The second-order valence-electron chi connectivity index (χ2n) is 6.22. The first-order valence-corrected chi connectivity index (χ1v) is 7.55. The van der Waals surface area contributed by atoms with Gasteiger partial charge in [-0.1, -0.05) is 32.0 Å². The van der Waals surface area contributed by atoms with Crippen molar-refractivity contribution in [2.75, 3.05) is 0 Å². The van der Waals surface area contributed by atoms with Crippen LogP contribution in [-0.2, 0) is 0 Å². The van der Waals surface area contributed by atoms with Crippen molar-refractivity contribution in [1.82, 2.24) is 5.32 Å². The quantitative estimate of drug-likeness (QED) is 0.845. The fourth-order valence-corrected chi connectivity index (χ4v) is 3.96. The zero-order valence-electron chi connectivity index (χ0n) is 11.6. The topological polar surface area (TPSA) is 12.0 Å². The molecule has 0 amide bonds. The lowest BCUT2D eigenvalue weighted by atomic mass is 10.1. The molecule has 2 atom stereocenters. The van der Waals surface area contributed by atoms with E-state index in [-0.39, 0.29) is 0 Å². The first-order valence-electron chi connectivity index (χ1n) is 6.73. The summed E-state index contributed by atoms with van der Waals surface area (Å²) in [4.78, 5) is 1.50. The summed E-state index contributed by atoms with van der Waals surface area (Å²) >= 11 is 1.94. The molecule has 2 heteroatoms. The molecule has 1 fully saturated rings. The van der Waals surface area contributed by atoms with Gasteiger partial charge in [0, 0.05) is 21.7 Å². The number of thiophene rings is 1. The minimum Gasteiger partial charge on any atom is -0.306 e. The van der Waals surface area contributed by atoms with E-state index in [0.717, 1.165) is 0 Å². The van der Waals surface area contributed by atoms with E-state index in [1.165, 1.54) is 26.9 Å². The standard InChI is InChI=1S/C16H21NS/c1-10-12-7-5-6-8-13(12)18-15(10)11(2)17-14-9-16(14,3)4/h5-8,11,14,17H,9H2,1-4H3. The third-order valence-corrected chi connectivity index (χ3v) is 5.69. The zero-order chi connectivity index (χ0) is 12.9. The molecule has 96 valence electrons. The van der Waals surface area contributed by atoms with Crippen LogP contribution in [0.3, 0.4) is 0 Å². The molecule has 1 aliphatic carbocycles. The predicted molar refractivity (Wildman–Crippen MR) is 80.3 cm³/mol. The Labute approximate surface area is 113 Å². The van der Waals surface area contributed by atoms with E-state index in [2.05, 4.69) is 57.3 Å². The average molecular weight is 259 g/mol. The Morgan fingerprint density at radius 3 is 2.61 bits per heavy atom. The minimum atomic E-state index is 0.467. The number of rotatable bonds is 3. The van der Waals surface area contributed by atoms with Gasteiger partial charge in [-0.25, -0.2) is 0 Å². The fraction of sp³-hybridized carbons (Fsp3) is 0.500. The van der Waals surface area contributed by atoms with Gasteiger partial charge in [-0.15, -0.1) is 11.3 Å². The van der Waals surface area contributed by atoms with Crippen LogP contribution in [0, 0.1) is 12.3 Å². The summed E-state index contributed by atoms with van der Waals surface area (Å²) in [6, 6.07) is 9.88. The Morgan fingerprint density at radius 1 is 1.33 bits per heavy atom. The Morgan fingerprint density at radius 2 is 2.00 bits per heavy atom. The predicted octanol–water partition coefficient (Wildman–Crippen LogP) is 4.66. The van der Waals surface area contributed by atoms with E-state index < -0.39 is 0 Å². The highest BCUT2D eigenvalue weighted by molar-refractivity contribution is 7.19. The number of hydrogen-bond donors (Lipinski definition) is 1. The van der Waals surface area contributed by atoms with Gasteiger partial charge in [-0.2, -0.15) is 0 Å². The highest BCUT2D eigenvalue weighted by Crippen LogP contribution is 2.46. The molecule has 0 radical (unpaired) electrons. The Kier molecular flexibility index (Phi) is 2.76. The molecular formula is C16H21NS. The molecule has 0 bridgehead atoms. The van der Waals surface area contributed by atoms with Crippen molar-refractivity contribution < 1.29 is 0 Å². The SMILES string of the molecule is Cc1c(C(C)NC2CC2(C)C)sc2ccccc12. The van der Waals surface area contributed by atoms with E-state index in [4.69, 9.17) is 0 Å². The summed E-state index contributed by atoms with van der Waals surface area (Å²) in [6.45, 7) is 9.24. The van der Waals surface area contributed by atoms with Gasteiger partial charge >= 0.3 is 0 Å². The molecule has 2 aromatic rings. The van der Waals surface area contributed by atoms with Crippen molar-refractivity contribution in [1.29, 1.82) is 0 Å². The number of fused-ring (bicyclic) bond motifs is 1. The van der Waals surface area contributed by atoms with Gasteiger partial charge in [0.05, 0.1) is 0 Å². The largest absolute Gasteiger partial charge is 0.306 e. The molecule has 0 saturated heterocycles. The van der Waals surface area contributed by atoms with Gasteiger partial charge in [0.1, 0.15) is 0 Å². The minimum absolute atomic E-state index is 0.467. The summed E-state index contributed by atoms with van der Waals surface area (Å²) in [5.41, 5.74) is 1.95. The zero-order valence-corrected chi connectivity index (χ0v) is 12.4. The molecule has 1 aliphatic rings. The fourth-order valence-electron chi connectivity index (χ4n) is 2.74. The Balaban J connectivity index is 1.87. The molecule has 0 aliphatic heterocycles. The van der Waals surface area contributed by atoms with Crippen molar-refractivity contribution in [3.63, 3.8) is 0 Å². The highest BCUT2D eigenvalue weighted by atomic mass is 32.1. The highest BCUT2D eigenvalue weighted by Gasteiger charge is 2.46. The number of nitrogens with one attached hydrogen (secondary N) is 1. The molecule has 1 N–H and O–H groups in total. The molecule has 1 saturated carbocycles. The first kappa shape index (κ1) is 12.2. The maximum atomic E-state index is 3.77. The van der Waals surface area contributed by atoms with Crippen molar-refractivity contribution in [2.45, 2.75) is 46.2 Å². The van der Waals surface area contributed by atoms with E-state index in [1.54, 1.807) is 0 Å². The number of hydrogen-bond acceptors (Lipinski definition) is 2. The van der Waals surface area contributed by atoms with Crippen LogP contribution in [0.15, 0.2) is 24.3 Å². The van der Waals surface area contributed by atoms with Crippen LogP contribution in [0.25, 0.3) is 10.1 Å². The molecule has 1 nitrogen and oxygen atoms in total. The van der Waals surface area contributed by atoms with E-state index >= 15 is 0 Å². The van der Waals surface area contributed by atoms with Gasteiger partial charge in [0.15, 0.2) is 0 Å². The second-order valence-corrected chi connectivity index (χ2v) is 7.30. The monoisotopic (exact) mass is 259 g/mol. The van der Waals surface area contributed by atoms with E-state index in [0.29, 0.717) is 17.5 Å². The first-order chi connectivity index (χ1) is 8.49. The van der Waals surface area contributed by atoms with Crippen molar-refractivity contribution in [3.05, 3.63) is 34.7 Å². The van der Waals surface area contributed by atoms with Gasteiger partial charge < -0.3 is 5.32 Å². The maximum absolute atomic E-state index is 3.77. The lowest BCUT2D eigenvalue weighted by molar-refractivity contribution is 0.495. The summed E-state index contributed by atoms with van der Waals surface area (Å²) in [5.74, 6) is 0. The molecule has 1 heterocycles. The maximum Gasteiger partial charge on any atom is 0.0391 e. The molecule has 1 aromatic heterocycles. The van der Waals surface area contributed by atoms with Crippen LogP contribution in [0.4, 0.5) is 0 Å². The smallest absolute Gasteiger partial charge is 0.0391 e. The second kappa shape index (κ2) is 4.07. The van der Waals surface area contributed by atoms with Crippen molar-refractivity contribution >= 4 is 21.4 Å². The van der Waals surface area contributed by atoms with Gasteiger partial charge in [0.25, 0.3) is 0 Å². The van der Waals surface area contributed by atoms with Gasteiger partial charge in [-0.05, 0) is 42.7 Å². The van der Waals surface area contributed by atoms with Crippen LogP contribution in [-0.4, -0.2) is 6.04 Å². The molecule has 3 rings (SSSR count). The number of aryl methyl sites for hydroxylation is 1. The lowest BCUT2D eigenvalue weighted by Gasteiger charge is -2.14. The Bertz CT molecular complexity index is 582. The van der Waals surface area contributed by atoms with E-state index in [1.807, 2.05) is 11.3 Å². The van der Waals surface area contributed by atoms with Gasteiger partial charge in [-0.3, -0.25) is 0 Å². The van der Waals surface area contributed by atoms with Crippen LogP contribution in [0.1, 0.15) is 43.7 Å². The molecule has 2 unspecified atom stereocenters. The molecule has 18 heavy (non-hydrogen) atoms. The molecule has 0 spiro atoms. The molecule has 1 aromatic carbocycles. The normalized spacial score (nSPS) is 23.2. The third kappa shape index (κ3) is 1.98. The number of benzene rings is 1. The van der Waals surface area contributed by atoms with Crippen molar-refractivity contribution in [3.8, 4) is 0 Å². The van der Waals surface area contributed by atoms with Crippen molar-refractivity contribution in [2.24, 2.45) is 5.41 Å². The summed E-state index contributed by atoms with van der Waals surface area (Å²) < 4.78 is 1.41. The van der Waals surface area contributed by atoms with E-state index in [9.17, 15) is 0 Å². The average Bonchev–Trinajstić information content (AvgIpc) is 2.78.